The van der Waals surface area contributed by atoms with Crippen LogP contribution in [0.2, 0.25) is 0 Å². The highest BCUT2D eigenvalue weighted by molar-refractivity contribution is 8.18. The molecule has 0 radical (unpaired) electrons. The van der Waals surface area contributed by atoms with Crippen LogP contribution < -0.4 is 9.47 Å². The van der Waals surface area contributed by atoms with Crippen LogP contribution in [0.1, 0.15) is 5.56 Å². The Balaban J connectivity index is 1.54. The van der Waals surface area contributed by atoms with E-state index in [0.29, 0.717) is 29.6 Å². The summed E-state index contributed by atoms with van der Waals surface area (Å²) in [6, 6.07) is 15.5. The zero-order chi connectivity index (χ0) is 23.5. The molecule has 0 unspecified atom stereocenters. The van der Waals surface area contributed by atoms with Gasteiger partial charge in [-0.05, 0) is 48.2 Å². The summed E-state index contributed by atoms with van der Waals surface area (Å²) in [6.07, 6.45) is 3.79. The van der Waals surface area contributed by atoms with E-state index in [9.17, 15) is 4.79 Å². The third kappa shape index (κ3) is 4.44. The fourth-order valence-electron chi connectivity index (χ4n) is 3.84. The van der Waals surface area contributed by atoms with E-state index in [0.717, 1.165) is 40.8 Å². The van der Waals surface area contributed by atoms with E-state index in [2.05, 4.69) is 9.89 Å². The van der Waals surface area contributed by atoms with Crippen LogP contribution in [0.25, 0.3) is 23.0 Å². The maximum Gasteiger partial charge on any atom is 0.286 e. The number of aliphatic imine (C=N–C) groups is 1. The molecule has 0 bridgehead atoms. The number of thioether (sulfide) groups is 1. The number of carbonyl (C=O) groups is 1. The first-order valence-corrected chi connectivity index (χ1v) is 11.7. The van der Waals surface area contributed by atoms with Crippen molar-refractivity contribution in [3.8, 4) is 28.4 Å². The SMILES string of the molecule is COc1ccc(-c2nn(-c3ccccc3)cc2C=C2SC(N3CCOCC3)=NC2=O)cc1OC. The minimum atomic E-state index is -0.239. The van der Waals surface area contributed by atoms with E-state index in [-0.39, 0.29) is 5.91 Å². The lowest BCUT2D eigenvalue weighted by molar-refractivity contribution is -0.113. The lowest BCUT2D eigenvalue weighted by Crippen LogP contribution is -2.38. The molecule has 0 N–H and O–H groups in total. The van der Waals surface area contributed by atoms with Crippen LogP contribution in [0.4, 0.5) is 0 Å². The zero-order valence-electron chi connectivity index (χ0n) is 18.9. The molecule has 0 spiro atoms. The fraction of sp³-hybridized carbons (Fsp3) is 0.240. The van der Waals surface area contributed by atoms with Gasteiger partial charge in [0.15, 0.2) is 16.7 Å². The van der Waals surface area contributed by atoms with Crippen LogP contribution in [0.15, 0.2) is 64.6 Å². The number of amides is 1. The first-order chi connectivity index (χ1) is 16.7. The Bertz CT molecular complexity index is 1260. The Labute approximate surface area is 201 Å². The maximum atomic E-state index is 12.7. The molecule has 0 aliphatic carbocycles. The van der Waals surface area contributed by atoms with Crippen LogP contribution in [0, 0.1) is 0 Å². The van der Waals surface area contributed by atoms with Gasteiger partial charge in [-0.1, -0.05) is 18.2 Å². The van der Waals surface area contributed by atoms with Gasteiger partial charge in [0.25, 0.3) is 5.91 Å². The minimum Gasteiger partial charge on any atom is -0.493 e. The number of rotatable bonds is 5. The van der Waals surface area contributed by atoms with E-state index in [1.54, 1.807) is 14.2 Å². The van der Waals surface area contributed by atoms with E-state index in [1.165, 1.54) is 11.8 Å². The number of morpholine rings is 1. The summed E-state index contributed by atoms with van der Waals surface area (Å²) in [7, 11) is 3.21. The van der Waals surface area contributed by atoms with Gasteiger partial charge in [0.05, 0.1) is 38.0 Å². The van der Waals surface area contributed by atoms with E-state index < -0.39 is 0 Å². The van der Waals surface area contributed by atoms with Crippen molar-refractivity contribution in [2.24, 2.45) is 4.99 Å². The average Bonchev–Trinajstić information content (AvgIpc) is 3.48. The van der Waals surface area contributed by atoms with E-state index in [1.807, 2.05) is 65.5 Å². The van der Waals surface area contributed by atoms with Crippen molar-refractivity contribution < 1.29 is 19.0 Å². The summed E-state index contributed by atoms with van der Waals surface area (Å²) in [6.45, 7) is 2.74. The Morgan fingerprint density at radius 1 is 1.03 bits per heavy atom. The molecule has 0 saturated carbocycles. The third-order valence-electron chi connectivity index (χ3n) is 5.60. The number of nitrogens with zero attached hydrogens (tertiary/aromatic N) is 4. The largest absolute Gasteiger partial charge is 0.493 e. The van der Waals surface area contributed by atoms with Crippen molar-refractivity contribution in [2.45, 2.75) is 0 Å². The highest BCUT2D eigenvalue weighted by Gasteiger charge is 2.28. The number of hydrogen-bond donors (Lipinski definition) is 0. The highest BCUT2D eigenvalue weighted by atomic mass is 32.2. The van der Waals surface area contributed by atoms with Gasteiger partial charge in [-0.15, -0.1) is 0 Å². The van der Waals surface area contributed by atoms with Crippen LogP contribution in [-0.4, -0.2) is 66.3 Å². The van der Waals surface area contributed by atoms with Crippen molar-refractivity contribution in [3.63, 3.8) is 0 Å². The van der Waals surface area contributed by atoms with Gasteiger partial charge < -0.3 is 19.1 Å². The summed E-state index contributed by atoms with van der Waals surface area (Å²) in [5.41, 5.74) is 3.31. The van der Waals surface area contributed by atoms with Gasteiger partial charge in [0.2, 0.25) is 0 Å². The Morgan fingerprint density at radius 2 is 1.79 bits per heavy atom. The molecule has 3 heterocycles. The van der Waals surface area contributed by atoms with Gasteiger partial charge in [-0.3, -0.25) is 4.79 Å². The topological polar surface area (TPSA) is 78.2 Å². The molecular formula is C25H24N4O4S. The number of methoxy groups -OCH3 is 2. The maximum absolute atomic E-state index is 12.7. The lowest BCUT2D eigenvalue weighted by Gasteiger charge is -2.27. The highest BCUT2D eigenvalue weighted by Crippen LogP contribution is 2.36. The average molecular weight is 477 g/mol. The predicted octanol–water partition coefficient (Wildman–Crippen LogP) is 3.86. The quantitative estimate of drug-likeness (QED) is 0.518. The summed E-state index contributed by atoms with van der Waals surface area (Å²) in [4.78, 5) is 19.7. The van der Waals surface area contributed by atoms with Crippen molar-refractivity contribution in [1.29, 1.82) is 0 Å². The summed E-state index contributed by atoms with van der Waals surface area (Å²) >= 11 is 1.39. The molecule has 3 aromatic rings. The van der Waals surface area contributed by atoms with Gasteiger partial charge in [-0.25, -0.2) is 4.68 Å². The van der Waals surface area contributed by atoms with Crippen molar-refractivity contribution in [1.82, 2.24) is 14.7 Å². The van der Waals surface area contributed by atoms with Gasteiger partial charge in [0, 0.05) is 30.4 Å². The molecule has 0 atom stereocenters. The Morgan fingerprint density at radius 3 is 2.53 bits per heavy atom. The lowest BCUT2D eigenvalue weighted by atomic mass is 10.1. The number of para-hydroxylation sites is 1. The fourth-order valence-corrected chi connectivity index (χ4v) is 4.80. The molecule has 2 aliphatic heterocycles. The predicted molar refractivity (Wildman–Crippen MR) is 133 cm³/mol. The summed E-state index contributed by atoms with van der Waals surface area (Å²) in [5.74, 6) is 1.01. The Kier molecular flexibility index (Phi) is 6.37. The molecule has 1 amide bonds. The molecule has 34 heavy (non-hydrogen) atoms. The third-order valence-corrected chi connectivity index (χ3v) is 6.64. The number of aromatic nitrogens is 2. The van der Waals surface area contributed by atoms with Crippen molar-refractivity contribution >= 4 is 28.9 Å². The van der Waals surface area contributed by atoms with E-state index in [4.69, 9.17) is 19.3 Å². The molecule has 1 saturated heterocycles. The zero-order valence-corrected chi connectivity index (χ0v) is 19.7. The monoisotopic (exact) mass is 476 g/mol. The Hall–Kier alpha value is -3.56. The minimum absolute atomic E-state index is 0.239. The number of hydrogen-bond acceptors (Lipinski definition) is 7. The number of benzene rings is 2. The standard InChI is InChI=1S/C25H24N4O4S/c1-31-20-9-8-17(14-21(20)32-2)23-18(16-29(27-23)19-6-4-3-5-7-19)15-22-24(30)26-25(34-22)28-10-12-33-13-11-28/h3-9,14-16H,10-13H2,1-2H3. The molecular weight excluding hydrogens is 452 g/mol. The second-order valence-electron chi connectivity index (χ2n) is 7.69. The molecule has 2 aliphatic rings. The molecule has 9 heteroatoms. The second kappa shape index (κ2) is 9.74. The molecule has 174 valence electrons. The summed E-state index contributed by atoms with van der Waals surface area (Å²) in [5, 5.41) is 5.57. The van der Waals surface area contributed by atoms with Crippen LogP contribution in [0.3, 0.4) is 0 Å². The molecule has 1 aromatic heterocycles. The van der Waals surface area contributed by atoms with E-state index >= 15 is 0 Å². The van der Waals surface area contributed by atoms with Crippen molar-refractivity contribution in [2.75, 3.05) is 40.5 Å². The number of carbonyl (C=O) groups excluding carboxylic acids is 1. The van der Waals surface area contributed by atoms with Gasteiger partial charge in [-0.2, -0.15) is 10.1 Å². The first-order valence-electron chi connectivity index (χ1n) is 10.9. The van der Waals surface area contributed by atoms with Gasteiger partial charge >= 0.3 is 0 Å². The molecule has 5 rings (SSSR count). The molecule has 2 aromatic carbocycles. The van der Waals surface area contributed by atoms with Crippen LogP contribution in [-0.2, 0) is 9.53 Å². The van der Waals surface area contributed by atoms with Crippen LogP contribution >= 0.6 is 11.8 Å². The van der Waals surface area contributed by atoms with Gasteiger partial charge in [0.1, 0.15) is 5.69 Å². The number of amidine groups is 1. The normalized spacial score (nSPS) is 17.2. The molecule has 8 nitrogen and oxygen atoms in total. The first kappa shape index (κ1) is 22.2. The van der Waals surface area contributed by atoms with Crippen LogP contribution in [0.5, 0.6) is 11.5 Å². The second-order valence-corrected chi connectivity index (χ2v) is 8.70. The number of ether oxygens (including phenoxy) is 3. The smallest absolute Gasteiger partial charge is 0.286 e. The van der Waals surface area contributed by atoms with Crippen molar-refractivity contribution in [3.05, 3.63) is 65.2 Å². The summed E-state index contributed by atoms with van der Waals surface area (Å²) < 4.78 is 18.1. The molecule has 1 fully saturated rings.